The highest BCUT2D eigenvalue weighted by Gasteiger charge is 2.35. The van der Waals surface area contributed by atoms with Crippen LogP contribution in [0.25, 0.3) is 0 Å². The summed E-state index contributed by atoms with van der Waals surface area (Å²) in [7, 11) is 0. The molecular formula is C10H15N5OS2. The molecule has 2 heterocycles. The first-order chi connectivity index (χ1) is 8.83. The molecule has 0 radical (unpaired) electrons. The van der Waals surface area contributed by atoms with Crippen LogP contribution in [0.15, 0.2) is 0 Å². The Morgan fingerprint density at radius 2 is 2.11 bits per heavy atom. The van der Waals surface area contributed by atoms with Gasteiger partial charge >= 0.3 is 0 Å². The van der Waals surface area contributed by atoms with Crippen LogP contribution in [0.4, 0.5) is 0 Å². The molecule has 98 valence electrons. The zero-order valence-electron chi connectivity index (χ0n) is 9.83. The third-order valence-electron chi connectivity index (χ3n) is 3.25. The van der Waals surface area contributed by atoms with Gasteiger partial charge in [-0.15, -0.1) is 33.7 Å². The maximum absolute atomic E-state index is 12.0. The lowest BCUT2D eigenvalue weighted by Crippen LogP contribution is -2.46. The van der Waals surface area contributed by atoms with Gasteiger partial charge < -0.3 is 5.32 Å². The number of rotatable bonds is 3. The van der Waals surface area contributed by atoms with Gasteiger partial charge in [0, 0.05) is 12.0 Å². The Balaban J connectivity index is 1.44. The molecule has 2 aliphatic rings. The molecular weight excluding hydrogens is 270 g/mol. The van der Waals surface area contributed by atoms with Crippen molar-refractivity contribution in [3.05, 3.63) is 5.82 Å². The smallest absolute Gasteiger partial charge is 0.243 e. The molecule has 1 aromatic rings. The van der Waals surface area contributed by atoms with E-state index in [1.54, 1.807) is 23.5 Å². The molecule has 2 N–H and O–H groups in total. The zero-order chi connectivity index (χ0) is 12.4. The first-order valence-corrected chi connectivity index (χ1v) is 8.19. The third kappa shape index (κ3) is 2.64. The second kappa shape index (κ2) is 5.48. The second-order valence-corrected chi connectivity index (χ2v) is 7.30. The normalized spacial score (nSPS) is 28.7. The summed E-state index contributed by atoms with van der Waals surface area (Å²) in [6.07, 6.45) is 3.06. The molecule has 1 amide bonds. The predicted molar refractivity (Wildman–Crippen MR) is 71.4 cm³/mol. The summed E-state index contributed by atoms with van der Waals surface area (Å²) in [6, 6.07) is 0.282. The van der Waals surface area contributed by atoms with Crippen molar-refractivity contribution < 1.29 is 4.79 Å². The Morgan fingerprint density at radius 3 is 2.78 bits per heavy atom. The van der Waals surface area contributed by atoms with Crippen molar-refractivity contribution in [3.8, 4) is 0 Å². The maximum Gasteiger partial charge on any atom is 0.243 e. The lowest BCUT2D eigenvalue weighted by Gasteiger charge is -2.34. The minimum Gasteiger partial charge on any atom is -0.352 e. The molecule has 1 saturated heterocycles. The van der Waals surface area contributed by atoms with Gasteiger partial charge in [-0.2, -0.15) is 5.21 Å². The number of tetrazole rings is 1. The number of carbonyl (C=O) groups excluding carboxylic acids is 1. The first-order valence-electron chi connectivity index (χ1n) is 6.10. The van der Waals surface area contributed by atoms with Gasteiger partial charge in [0.2, 0.25) is 5.91 Å². The fourth-order valence-electron chi connectivity index (χ4n) is 2.20. The van der Waals surface area contributed by atoms with Crippen molar-refractivity contribution in [2.24, 2.45) is 0 Å². The van der Waals surface area contributed by atoms with Crippen molar-refractivity contribution in [1.29, 1.82) is 0 Å². The van der Waals surface area contributed by atoms with Gasteiger partial charge in [0.1, 0.15) is 4.58 Å². The summed E-state index contributed by atoms with van der Waals surface area (Å²) in [6.45, 7) is 0. The van der Waals surface area contributed by atoms with Crippen molar-refractivity contribution >= 4 is 29.4 Å². The lowest BCUT2D eigenvalue weighted by atomic mass is 9.80. The van der Waals surface area contributed by atoms with Gasteiger partial charge in [-0.25, -0.2) is 0 Å². The largest absolute Gasteiger partial charge is 0.352 e. The zero-order valence-corrected chi connectivity index (χ0v) is 11.5. The number of carbonyl (C=O) groups is 1. The summed E-state index contributed by atoms with van der Waals surface area (Å²) in [5, 5.41) is 17.1. The van der Waals surface area contributed by atoms with Gasteiger partial charge in [-0.1, -0.05) is 5.21 Å². The van der Waals surface area contributed by atoms with Gasteiger partial charge in [0.25, 0.3) is 0 Å². The van der Waals surface area contributed by atoms with Crippen molar-refractivity contribution in [1.82, 2.24) is 25.9 Å². The van der Waals surface area contributed by atoms with Gasteiger partial charge in [-0.05, 0) is 30.8 Å². The second-order valence-electron chi connectivity index (χ2n) is 4.57. The van der Waals surface area contributed by atoms with E-state index < -0.39 is 0 Å². The SMILES string of the molecule is O=C(NC1CC(c2nn[nH]n2)C1)C1SCCCS1. The number of hydrogen-bond donors (Lipinski definition) is 2. The first kappa shape index (κ1) is 12.3. The molecule has 0 aromatic carbocycles. The van der Waals surface area contributed by atoms with E-state index in [2.05, 4.69) is 25.9 Å². The van der Waals surface area contributed by atoms with E-state index in [0.29, 0.717) is 5.92 Å². The van der Waals surface area contributed by atoms with Crippen molar-refractivity contribution in [3.63, 3.8) is 0 Å². The van der Waals surface area contributed by atoms with Crippen LogP contribution in [0.3, 0.4) is 0 Å². The molecule has 18 heavy (non-hydrogen) atoms. The standard InChI is InChI=1S/C10H15N5OS2/c16-9(10-17-2-1-3-18-10)11-7-4-6(5-7)8-12-14-15-13-8/h6-7,10H,1-5H2,(H,11,16)(H,12,13,14,15). The molecule has 1 aromatic heterocycles. The van der Waals surface area contributed by atoms with E-state index in [1.807, 2.05) is 0 Å². The average Bonchev–Trinajstić information content (AvgIpc) is 2.87. The van der Waals surface area contributed by atoms with E-state index in [0.717, 1.165) is 30.2 Å². The summed E-state index contributed by atoms with van der Waals surface area (Å²) in [5.74, 6) is 3.49. The molecule has 0 unspecified atom stereocenters. The number of amides is 1. The molecule has 1 aliphatic heterocycles. The fourth-order valence-corrected chi connectivity index (χ4v) is 4.83. The van der Waals surface area contributed by atoms with Crippen LogP contribution in [0, 0.1) is 0 Å². The molecule has 3 rings (SSSR count). The lowest BCUT2D eigenvalue weighted by molar-refractivity contribution is -0.120. The van der Waals surface area contributed by atoms with Crippen LogP contribution >= 0.6 is 23.5 Å². The van der Waals surface area contributed by atoms with Gasteiger partial charge in [-0.3, -0.25) is 4.79 Å². The summed E-state index contributed by atoms with van der Waals surface area (Å²) in [4.78, 5) is 12.0. The average molecular weight is 285 g/mol. The van der Waals surface area contributed by atoms with E-state index in [9.17, 15) is 4.79 Å². The van der Waals surface area contributed by atoms with E-state index in [1.165, 1.54) is 6.42 Å². The number of thioether (sulfide) groups is 2. The number of aromatic amines is 1. The quantitative estimate of drug-likeness (QED) is 0.853. The Hall–Kier alpha value is -0.760. The van der Waals surface area contributed by atoms with E-state index in [4.69, 9.17) is 0 Å². The predicted octanol–water partition coefficient (Wildman–Crippen LogP) is 0.758. The topological polar surface area (TPSA) is 83.6 Å². The Bertz CT molecular complexity index is 400. The highest BCUT2D eigenvalue weighted by molar-refractivity contribution is 8.18. The molecule has 1 aliphatic carbocycles. The molecule has 1 saturated carbocycles. The third-order valence-corrected chi connectivity index (χ3v) is 6.15. The molecule has 0 spiro atoms. The number of hydrogen-bond acceptors (Lipinski definition) is 6. The Morgan fingerprint density at radius 1 is 1.33 bits per heavy atom. The minimum atomic E-state index is 0.0861. The van der Waals surface area contributed by atoms with Crippen LogP contribution in [0.1, 0.15) is 31.0 Å². The van der Waals surface area contributed by atoms with Crippen molar-refractivity contribution in [2.45, 2.75) is 35.8 Å². The number of H-pyrrole nitrogens is 1. The van der Waals surface area contributed by atoms with E-state index >= 15 is 0 Å². The van der Waals surface area contributed by atoms with Crippen LogP contribution in [0.5, 0.6) is 0 Å². The molecule has 2 fully saturated rings. The van der Waals surface area contributed by atoms with Crippen LogP contribution in [-0.2, 0) is 4.79 Å². The summed E-state index contributed by atoms with van der Waals surface area (Å²) < 4.78 is 0.0861. The number of aromatic nitrogens is 4. The van der Waals surface area contributed by atoms with Gasteiger partial charge in [0.15, 0.2) is 5.82 Å². The Labute approximate surface area is 113 Å². The van der Waals surface area contributed by atoms with Crippen LogP contribution < -0.4 is 5.32 Å². The minimum absolute atomic E-state index is 0.0861. The highest BCUT2D eigenvalue weighted by atomic mass is 32.2. The van der Waals surface area contributed by atoms with Gasteiger partial charge in [0.05, 0.1) is 0 Å². The molecule has 0 bridgehead atoms. The Kier molecular flexibility index (Phi) is 3.74. The van der Waals surface area contributed by atoms with E-state index in [-0.39, 0.29) is 16.5 Å². The summed E-state index contributed by atoms with van der Waals surface area (Å²) >= 11 is 3.52. The molecule has 0 atom stereocenters. The number of nitrogens with zero attached hydrogens (tertiary/aromatic N) is 3. The maximum atomic E-state index is 12.0. The summed E-state index contributed by atoms with van der Waals surface area (Å²) in [5.41, 5.74) is 0. The fraction of sp³-hybridized carbons (Fsp3) is 0.800. The molecule has 6 nitrogen and oxygen atoms in total. The van der Waals surface area contributed by atoms with Crippen LogP contribution in [-0.4, -0.2) is 48.7 Å². The monoisotopic (exact) mass is 285 g/mol. The van der Waals surface area contributed by atoms with Crippen molar-refractivity contribution in [2.75, 3.05) is 11.5 Å². The molecule has 8 heteroatoms. The number of nitrogens with one attached hydrogen (secondary N) is 2. The highest BCUT2D eigenvalue weighted by Crippen LogP contribution is 2.36. The van der Waals surface area contributed by atoms with Crippen LogP contribution in [0.2, 0.25) is 0 Å².